The van der Waals surface area contributed by atoms with Gasteiger partial charge in [-0.05, 0) is 75.8 Å². The molecule has 2 aromatic heterocycles. The zero-order valence-electron chi connectivity index (χ0n) is 26.4. The maximum atomic E-state index is 6.45. The first kappa shape index (κ1) is 27.8. The molecule has 0 aliphatic rings. The lowest BCUT2D eigenvalue weighted by Crippen LogP contribution is -2.10. The van der Waals surface area contributed by atoms with Crippen molar-refractivity contribution in [1.29, 1.82) is 0 Å². The molecule has 0 aliphatic carbocycles. The number of nitrogens with zero attached hydrogens (tertiary/aromatic N) is 2. The molecule has 0 unspecified atom stereocenters. The van der Waals surface area contributed by atoms with E-state index in [1.807, 2.05) is 6.07 Å². The molecule has 230 valence electrons. The van der Waals surface area contributed by atoms with Gasteiger partial charge in [-0.15, -0.1) is 11.3 Å². The van der Waals surface area contributed by atoms with Gasteiger partial charge in [-0.3, -0.25) is 0 Å². The lowest BCUT2D eigenvalue weighted by atomic mass is 9.93. The van der Waals surface area contributed by atoms with Crippen LogP contribution in [-0.2, 0) is 0 Å². The summed E-state index contributed by atoms with van der Waals surface area (Å²) in [6.45, 7) is 0. The number of fused-ring (bicyclic) bond motifs is 7. The summed E-state index contributed by atoms with van der Waals surface area (Å²) in [6, 6.07) is 60.3. The molecule has 0 saturated carbocycles. The summed E-state index contributed by atoms with van der Waals surface area (Å²) < 4.78 is 7.59. The Labute approximate surface area is 286 Å². The fraction of sp³-hybridized carbons (Fsp3) is 0. The Bertz CT molecular complexity index is 2830. The highest BCUT2D eigenvalue weighted by molar-refractivity contribution is 7.22. The SMILES string of the molecule is c1ccc(-c2nc3ccc4oc5ccc(N(c6ccccc6)c6ccc(-c7cccc8ccccc78)c7ccccc67)cc5c4c3s2)cc1. The molecule has 3 nitrogen and oxygen atoms in total. The van der Waals surface area contributed by atoms with Crippen molar-refractivity contribution in [3.05, 3.63) is 170 Å². The average Bonchev–Trinajstić information content (AvgIpc) is 3.77. The van der Waals surface area contributed by atoms with E-state index in [4.69, 9.17) is 9.40 Å². The van der Waals surface area contributed by atoms with Crippen LogP contribution in [0.3, 0.4) is 0 Å². The molecule has 0 aliphatic heterocycles. The van der Waals surface area contributed by atoms with Crippen LogP contribution in [0.25, 0.3) is 75.4 Å². The Morgan fingerprint density at radius 3 is 2.04 bits per heavy atom. The van der Waals surface area contributed by atoms with Gasteiger partial charge in [0.25, 0.3) is 0 Å². The fourth-order valence-electron chi connectivity index (χ4n) is 7.26. The summed E-state index contributed by atoms with van der Waals surface area (Å²) in [5, 5.41) is 8.10. The molecular formula is C45H28N2OS. The van der Waals surface area contributed by atoms with Gasteiger partial charge in [-0.1, -0.05) is 121 Å². The van der Waals surface area contributed by atoms with Crippen LogP contribution in [0.4, 0.5) is 17.1 Å². The molecule has 0 atom stereocenters. The van der Waals surface area contributed by atoms with E-state index in [1.54, 1.807) is 11.3 Å². The molecule has 0 spiro atoms. The van der Waals surface area contributed by atoms with Crippen LogP contribution < -0.4 is 4.90 Å². The number of thiazole rings is 1. The second kappa shape index (κ2) is 11.2. The summed E-state index contributed by atoms with van der Waals surface area (Å²) in [6.07, 6.45) is 0. The lowest BCUT2D eigenvalue weighted by Gasteiger charge is -2.27. The Balaban J connectivity index is 1.20. The summed E-state index contributed by atoms with van der Waals surface area (Å²) in [7, 11) is 0. The van der Waals surface area contributed by atoms with E-state index < -0.39 is 0 Å². The summed E-state index contributed by atoms with van der Waals surface area (Å²) in [5.41, 5.74) is 9.58. The first-order valence-corrected chi connectivity index (χ1v) is 17.3. The monoisotopic (exact) mass is 644 g/mol. The van der Waals surface area contributed by atoms with Gasteiger partial charge in [0.05, 0.1) is 15.9 Å². The van der Waals surface area contributed by atoms with E-state index in [2.05, 4.69) is 169 Å². The third kappa shape index (κ3) is 4.53. The average molecular weight is 645 g/mol. The lowest BCUT2D eigenvalue weighted by molar-refractivity contribution is 0.669. The van der Waals surface area contributed by atoms with Crippen molar-refractivity contribution in [1.82, 2.24) is 4.98 Å². The van der Waals surface area contributed by atoms with E-state index in [0.717, 1.165) is 59.8 Å². The van der Waals surface area contributed by atoms with Crippen molar-refractivity contribution in [3.8, 4) is 21.7 Å². The number of benzene rings is 8. The van der Waals surface area contributed by atoms with Crippen LogP contribution >= 0.6 is 11.3 Å². The molecule has 0 bridgehead atoms. The molecule has 0 radical (unpaired) electrons. The quantitative estimate of drug-likeness (QED) is 0.187. The van der Waals surface area contributed by atoms with Gasteiger partial charge in [0.15, 0.2) is 0 Å². The summed E-state index contributed by atoms with van der Waals surface area (Å²) >= 11 is 1.72. The van der Waals surface area contributed by atoms with Gasteiger partial charge in [0.1, 0.15) is 16.2 Å². The number of furan rings is 1. The number of rotatable bonds is 5. The number of hydrogen-bond acceptors (Lipinski definition) is 4. The fourth-order valence-corrected chi connectivity index (χ4v) is 8.38. The van der Waals surface area contributed by atoms with Gasteiger partial charge >= 0.3 is 0 Å². The van der Waals surface area contributed by atoms with E-state index in [-0.39, 0.29) is 0 Å². The van der Waals surface area contributed by atoms with Crippen molar-refractivity contribution in [2.75, 3.05) is 4.90 Å². The van der Waals surface area contributed by atoms with Crippen molar-refractivity contribution in [3.63, 3.8) is 0 Å². The van der Waals surface area contributed by atoms with Crippen LogP contribution in [0, 0.1) is 0 Å². The molecule has 0 saturated heterocycles. The summed E-state index contributed by atoms with van der Waals surface area (Å²) in [5.74, 6) is 0. The maximum absolute atomic E-state index is 6.45. The van der Waals surface area contributed by atoms with Crippen molar-refractivity contribution >= 4 is 82.1 Å². The van der Waals surface area contributed by atoms with Gasteiger partial charge in [0, 0.05) is 33.1 Å². The predicted molar refractivity (Wildman–Crippen MR) is 207 cm³/mol. The highest BCUT2D eigenvalue weighted by atomic mass is 32.1. The molecular weight excluding hydrogens is 617 g/mol. The van der Waals surface area contributed by atoms with Crippen molar-refractivity contribution in [2.45, 2.75) is 0 Å². The summed E-state index contributed by atoms with van der Waals surface area (Å²) in [4.78, 5) is 7.40. The number of anilines is 3. The first-order chi connectivity index (χ1) is 24.3. The van der Waals surface area contributed by atoms with Crippen LogP contribution in [0.15, 0.2) is 174 Å². The molecule has 49 heavy (non-hydrogen) atoms. The second-order valence-corrected chi connectivity index (χ2v) is 13.3. The molecule has 10 aromatic rings. The molecule has 2 heterocycles. The van der Waals surface area contributed by atoms with Gasteiger partial charge < -0.3 is 9.32 Å². The Morgan fingerprint density at radius 1 is 0.490 bits per heavy atom. The zero-order chi connectivity index (χ0) is 32.3. The van der Waals surface area contributed by atoms with Gasteiger partial charge in [-0.25, -0.2) is 4.98 Å². The van der Waals surface area contributed by atoms with Crippen LogP contribution in [0.1, 0.15) is 0 Å². The Hall–Kier alpha value is -6.23. The smallest absolute Gasteiger partial charge is 0.137 e. The standard InChI is InChI=1S/C45H28N2OS/c1-3-13-30(14-4-1)45-46-39-24-27-42-43(44(39)49-45)38-28-32(22-26-41(38)48-42)47(31-16-5-2-6-17-31)40-25-23-36(35-19-9-10-20-37(35)40)34-21-11-15-29-12-7-8-18-33(29)34/h1-28H. The molecule has 8 aromatic carbocycles. The number of hydrogen-bond donors (Lipinski definition) is 0. The third-order valence-corrected chi connectivity index (χ3v) is 10.6. The van der Waals surface area contributed by atoms with Crippen LogP contribution in [0.5, 0.6) is 0 Å². The van der Waals surface area contributed by atoms with E-state index in [0.29, 0.717) is 0 Å². The van der Waals surface area contributed by atoms with Gasteiger partial charge in [0.2, 0.25) is 0 Å². The maximum Gasteiger partial charge on any atom is 0.137 e. The largest absolute Gasteiger partial charge is 0.456 e. The topological polar surface area (TPSA) is 29.3 Å². The van der Waals surface area contributed by atoms with E-state index >= 15 is 0 Å². The highest BCUT2D eigenvalue weighted by Gasteiger charge is 2.21. The Morgan fingerprint density at radius 2 is 1.18 bits per heavy atom. The normalized spacial score (nSPS) is 11.7. The van der Waals surface area contributed by atoms with E-state index in [1.165, 1.54) is 32.7 Å². The van der Waals surface area contributed by atoms with Crippen molar-refractivity contribution in [2.24, 2.45) is 0 Å². The third-order valence-electron chi connectivity index (χ3n) is 9.49. The molecule has 4 heteroatoms. The minimum atomic E-state index is 0.866. The number of para-hydroxylation sites is 1. The second-order valence-electron chi connectivity index (χ2n) is 12.3. The molecule has 10 rings (SSSR count). The van der Waals surface area contributed by atoms with Crippen LogP contribution in [-0.4, -0.2) is 4.98 Å². The molecule has 0 fully saturated rings. The molecule has 0 N–H and O–H groups in total. The molecule has 0 amide bonds. The zero-order valence-corrected chi connectivity index (χ0v) is 27.2. The minimum absolute atomic E-state index is 0.866. The highest BCUT2D eigenvalue weighted by Crippen LogP contribution is 2.46. The first-order valence-electron chi connectivity index (χ1n) is 16.5. The Kier molecular flexibility index (Phi) is 6.36. The van der Waals surface area contributed by atoms with E-state index in [9.17, 15) is 0 Å². The van der Waals surface area contributed by atoms with Gasteiger partial charge in [-0.2, -0.15) is 0 Å². The number of aromatic nitrogens is 1. The van der Waals surface area contributed by atoms with Crippen molar-refractivity contribution < 1.29 is 4.42 Å². The van der Waals surface area contributed by atoms with Crippen LogP contribution in [0.2, 0.25) is 0 Å². The minimum Gasteiger partial charge on any atom is -0.456 e. The predicted octanol–water partition coefficient (Wildman–Crippen LogP) is 13.3.